The van der Waals surface area contributed by atoms with Gasteiger partial charge in [-0.3, -0.25) is 29.4 Å². The summed E-state index contributed by atoms with van der Waals surface area (Å²) in [5.74, 6) is -2.04. The van der Waals surface area contributed by atoms with E-state index in [1.807, 2.05) is 6.08 Å². The summed E-state index contributed by atoms with van der Waals surface area (Å²) in [7, 11) is 0. The molecule has 0 radical (unpaired) electrons. The van der Waals surface area contributed by atoms with Gasteiger partial charge in [0, 0.05) is 25.2 Å². The number of fused-ring (bicyclic) bond motifs is 1. The van der Waals surface area contributed by atoms with E-state index in [1.165, 1.54) is 0 Å². The molecule has 0 saturated carbocycles. The lowest BCUT2D eigenvalue weighted by Crippen LogP contribution is -2.54. The molecule has 8 heteroatoms. The summed E-state index contributed by atoms with van der Waals surface area (Å²) in [6.45, 7) is 0.981. The van der Waals surface area contributed by atoms with Crippen molar-refractivity contribution in [2.45, 2.75) is 18.9 Å². The number of nitrogens with zero attached hydrogens (tertiary/aromatic N) is 1. The summed E-state index contributed by atoms with van der Waals surface area (Å²) < 4.78 is 0. The van der Waals surface area contributed by atoms with E-state index in [4.69, 9.17) is 5.73 Å². The zero-order chi connectivity index (χ0) is 18.0. The monoisotopic (exact) mass is 342 g/mol. The summed E-state index contributed by atoms with van der Waals surface area (Å²) in [4.78, 5) is 49.4. The van der Waals surface area contributed by atoms with Gasteiger partial charge < -0.3 is 11.1 Å². The molecule has 1 aromatic rings. The van der Waals surface area contributed by atoms with E-state index in [-0.39, 0.29) is 24.0 Å². The van der Waals surface area contributed by atoms with Crippen molar-refractivity contribution in [3.8, 4) is 0 Å². The summed E-state index contributed by atoms with van der Waals surface area (Å²) in [5.41, 5.74) is 6.57. The third kappa shape index (κ3) is 3.16. The van der Waals surface area contributed by atoms with Gasteiger partial charge in [0.15, 0.2) is 0 Å². The normalized spacial score (nSPS) is 20.2. The van der Waals surface area contributed by atoms with Crippen molar-refractivity contribution in [2.24, 2.45) is 5.73 Å². The standard InChI is InChI=1S/C17H18N4O4/c18-7-1-2-8-19-10-3-4-11-12(9-10)17(25)21(16(11)24)13-5-6-14(22)20-15(13)23/h1-4,9,13,19H,5-8,18H2,(H,20,22,23)/b2-1+. The predicted octanol–water partition coefficient (Wildman–Crippen LogP) is 0.0146. The number of carbonyl (C=O) groups excluding carboxylic acids is 4. The van der Waals surface area contributed by atoms with Crippen molar-refractivity contribution in [3.05, 3.63) is 41.5 Å². The minimum absolute atomic E-state index is 0.101. The van der Waals surface area contributed by atoms with Gasteiger partial charge in [-0.1, -0.05) is 12.2 Å². The maximum atomic E-state index is 12.6. The molecule has 0 aliphatic carbocycles. The molecular weight excluding hydrogens is 324 g/mol. The van der Waals surface area contributed by atoms with E-state index in [0.717, 1.165) is 4.90 Å². The van der Waals surface area contributed by atoms with Gasteiger partial charge in [0.25, 0.3) is 11.8 Å². The molecule has 1 atom stereocenters. The third-order valence-electron chi connectivity index (χ3n) is 4.17. The largest absolute Gasteiger partial charge is 0.382 e. The van der Waals surface area contributed by atoms with Gasteiger partial charge >= 0.3 is 0 Å². The summed E-state index contributed by atoms with van der Waals surface area (Å²) in [6.07, 6.45) is 3.91. The highest BCUT2D eigenvalue weighted by atomic mass is 16.2. The average molecular weight is 342 g/mol. The summed E-state index contributed by atoms with van der Waals surface area (Å²) in [6, 6.07) is 3.91. The molecule has 1 unspecified atom stereocenters. The van der Waals surface area contributed by atoms with Crippen molar-refractivity contribution in [2.75, 3.05) is 18.4 Å². The molecule has 1 fully saturated rings. The molecule has 2 heterocycles. The maximum absolute atomic E-state index is 12.6. The van der Waals surface area contributed by atoms with Crippen molar-refractivity contribution in [1.29, 1.82) is 0 Å². The third-order valence-corrected chi connectivity index (χ3v) is 4.17. The Kier molecular flexibility index (Phi) is 4.62. The fraction of sp³-hybridized carbons (Fsp3) is 0.294. The molecule has 0 aromatic heterocycles. The van der Waals surface area contributed by atoms with E-state index >= 15 is 0 Å². The molecule has 0 bridgehead atoms. The Balaban J connectivity index is 1.80. The predicted molar refractivity (Wildman–Crippen MR) is 89.8 cm³/mol. The van der Waals surface area contributed by atoms with Crippen LogP contribution in [0.25, 0.3) is 0 Å². The van der Waals surface area contributed by atoms with Crippen molar-refractivity contribution in [1.82, 2.24) is 10.2 Å². The molecule has 25 heavy (non-hydrogen) atoms. The quantitative estimate of drug-likeness (QED) is 0.512. The van der Waals surface area contributed by atoms with Gasteiger partial charge in [-0.25, -0.2) is 0 Å². The fourth-order valence-corrected chi connectivity index (χ4v) is 2.94. The Bertz CT molecular complexity index is 787. The second-order valence-corrected chi connectivity index (χ2v) is 5.80. The van der Waals surface area contributed by atoms with E-state index in [2.05, 4.69) is 10.6 Å². The lowest BCUT2D eigenvalue weighted by molar-refractivity contribution is -0.136. The number of carbonyl (C=O) groups is 4. The van der Waals surface area contributed by atoms with Crippen molar-refractivity contribution < 1.29 is 19.2 Å². The van der Waals surface area contributed by atoms with Crippen LogP contribution in [-0.4, -0.2) is 47.7 Å². The molecule has 1 aromatic carbocycles. The molecule has 8 nitrogen and oxygen atoms in total. The minimum Gasteiger partial charge on any atom is -0.382 e. The first-order valence-corrected chi connectivity index (χ1v) is 7.97. The molecule has 2 aliphatic heterocycles. The van der Waals surface area contributed by atoms with Gasteiger partial charge in [0.05, 0.1) is 11.1 Å². The van der Waals surface area contributed by atoms with Crippen molar-refractivity contribution >= 4 is 29.3 Å². The molecule has 1 saturated heterocycles. The van der Waals surface area contributed by atoms with E-state index in [1.54, 1.807) is 24.3 Å². The Hall–Kier alpha value is -3.00. The van der Waals surface area contributed by atoms with Gasteiger partial charge in [0.2, 0.25) is 11.8 Å². The van der Waals surface area contributed by atoms with E-state index in [9.17, 15) is 19.2 Å². The Morgan fingerprint density at radius 1 is 1.16 bits per heavy atom. The SMILES string of the molecule is NC/C=C/CNc1ccc2c(c1)C(=O)N(C1CCC(=O)NC1=O)C2=O. The number of piperidine rings is 1. The van der Waals surface area contributed by atoms with Crippen LogP contribution in [0.2, 0.25) is 0 Å². The number of rotatable bonds is 5. The van der Waals surface area contributed by atoms with Crippen LogP contribution in [0, 0.1) is 0 Å². The number of amides is 4. The second-order valence-electron chi connectivity index (χ2n) is 5.80. The van der Waals surface area contributed by atoms with Crippen LogP contribution >= 0.6 is 0 Å². The van der Waals surface area contributed by atoms with Crippen LogP contribution < -0.4 is 16.4 Å². The zero-order valence-corrected chi connectivity index (χ0v) is 13.5. The first kappa shape index (κ1) is 16.8. The Morgan fingerprint density at radius 3 is 2.64 bits per heavy atom. The number of nitrogens with one attached hydrogen (secondary N) is 2. The number of hydrogen-bond donors (Lipinski definition) is 3. The zero-order valence-electron chi connectivity index (χ0n) is 13.5. The number of imide groups is 2. The van der Waals surface area contributed by atoms with Gasteiger partial charge in [-0.2, -0.15) is 0 Å². The van der Waals surface area contributed by atoms with E-state index < -0.39 is 29.7 Å². The highest BCUT2D eigenvalue weighted by molar-refractivity contribution is 6.23. The summed E-state index contributed by atoms with van der Waals surface area (Å²) >= 11 is 0. The topological polar surface area (TPSA) is 122 Å². The van der Waals surface area contributed by atoms with Crippen molar-refractivity contribution in [3.63, 3.8) is 0 Å². The van der Waals surface area contributed by atoms with Crippen LogP contribution in [0.15, 0.2) is 30.4 Å². The molecule has 3 rings (SSSR count). The van der Waals surface area contributed by atoms with E-state index in [0.29, 0.717) is 18.8 Å². The lowest BCUT2D eigenvalue weighted by Gasteiger charge is -2.27. The van der Waals surface area contributed by atoms with Crippen LogP contribution in [0.5, 0.6) is 0 Å². The number of anilines is 1. The summed E-state index contributed by atoms with van der Waals surface area (Å²) in [5, 5.41) is 5.28. The fourth-order valence-electron chi connectivity index (χ4n) is 2.94. The lowest BCUT2D eigenvalue weighted by atomic mass is 10.0. The number of benzene rings is 1. The van der Waals surface area contributed by atoms with Crippen LogP contribution in [0.4, 0.5) is 5.69 Å². The maximum Gasteiger partial charge on any atom is 0.262 e. The van der Waals surface area contributed by atoms with Crippen LogP contribution in [0.1, 0.15) is 33.6 Å². The molecule has 4 amide bonds. The average Bonchev–Trinajstić information content (AvgIpc) is 2.83. The van der Waals surface area contributed by atoms with Gasteiger partial charge in [-0.15, -0.1) is 0 Å². The molecule has 0 spiro atoms. The molecule has 4 N–H and O–H groups in total. The number of hydrogen-bond acceptors (Lipinski definition) is 6. The molecule has 130 valence electrons. The smallest absolute Gasteiger partial charge is 0.262 e. The second kappa shape index (κ2) is 6.86. The van der Waals surface area contributed by atoms with Gasteiger partial charge in [0.1, 0.15) is 6.04 Å². The highest BCUT2D eigenvalue weighted by Gasteiger charge is 2.44. The molecule has 2 aliphatic rings. The van der Waals surface area contributed by atoms with Gasteiger partial charge in [-0.05, 0) is 24.6 Å². The molecular formula is C17H18N4O4. The first-order chi connectivity index (χ1) is 12.0. The minimum atomic E-state index is -0.950. The highest BCUT2D eigenvalue weighted by Crippen LogP contribution is 2.29. The first-order valence-electron chi connectivity index (χ1n) is 7.97. The Labute approximate surface area is 144 Å². The Morgan fingerprint density at radius 2 is 1.92 bits per heavy atom. The van der Waals surface area contributed by atoms with Crippen LogP contribution in [0.3, 0.4) is 0 Å². The number of nitrogens with two attached hydrogens (primary N) is 1. The van der Waals surface area contributed by atoms with Crippen LogP contribution in [-0.2, 0) is 9.59 Å².